The van der Waals surface area contributed by atoms with Crippen molar-refractivity contribution in [2.45, 2.75) is 0 Å². The molecule has 2 aromatic rings. The van der Waals surface area contributed by atoms with Crippen LogP contribution in [0.15, 0.2) is 48.5 Å². The first-order valence-corrected chi connectivity index (χ1v) is 7.49. The van der Waals surface area contributed by atoms with E-state index in [2.05, 4.69) is 10.6 Å². The summed E-state index contributed by atoms with van der Waals surface area (Å²) in [6.45, 7) is 0.123. The molecule has 0 atom stereocenters. The summed E-state index contributed by atoms with van der Waals surface area (Å²) in [4.78, 5) is 25.5. The number of nitrogens with zero attached hydrogens (tertiary/aromatic N) is 1. The van der Waals surface area contributed by atoms with Gasteiger partial charge in [-0.05, 0) is 42.5 Å². The van der Waals surface area contributed by atoms with Gasteiger partial charge in [0.15, 0.2) is 0 Å². The second kappa shape index (κ2) is 8.01. The van der Waals surface area contributed by atoms with Crippen LogP contribution in [0.25, 0.3) is 0 Å². The smallest absolute Gasteiger partial charge is 0.253 e. The van der Waals surface area contributed by atoms with Crippen molar-refractivity contribution in [3.05, 3.63) is 54.1 Å². The number of benzene rings is 2. The van der Waals surface area contributed by atoms with E-state index in [1.807, 2.05) is 24.3 Å². The average molecular weight is 327 g/mol. The predicted octanol–water partition coefficient (Wildman–Crippen LogP) is 2.45. The lowest BCUT2D eigenvalue weighted by atomic mass is 10.2. The lowest BCUT2D eigenvalue weighted by Gasteiger charge is -2.12. The van der Waals surface area contributed by atoms with Gasteiger partial charge in [0, 0.05) is 31.0 Å². The van der Waals surface area contributed by atoms with Gasteiger partial charge in [-0.1, -0.05) is 6.07 Å². The van der Waals surface area contributed by atoms with Crippen molar-refractivity contribution in [1.82, 2.24) is 4.90 Å². The molecule has 2 N–H and O–H groups in total. The van der Waals surface area contributed by atoms with E-state index in [9.17, 15) is 9.59 Å². The molecular formula is C18H21N3O3. The van der Waals surface area contributed by atoms with Crippen LogP contribution in [0, 0.1) is 0 Å². The van der Waals surface area contributed by atoms with Crippen molar-refractivity contribution < 1.29 is 14.3 Å². The first kappa shape index (κ1) is 17.3. The Morgan fingerprint density at radius 2 is 1.75 bits per heavy atom. The highest BCUT2D eigenvalue weighted by Crippen LogP contribution is 2.15. The monoisotopic (exact) mass is 327 g/mol. The lowest BCUT2D eigenvalue weighted by Crippen LogP contribution is -2.23. The quantitative estimate of drug-likeness (QED) is 0.855. The Kier molecular flexibility index (Phi) is 5.78. The molecule has 126 valence electrons. The largest absolute Gasteiger partial charge is 0.497 e. The number of hydrogen-bond acceptors (Lipinski definition) is 4. The van der Waals surface area contributed by atoms with Crippen LogP contribution in [-0.4, -0.2) is 44.5 Å². The molecule has 0 unspecified atom stereocenters. The first-order chi connectivity index (χ1) is 11.5. The highest BCUT2D eigenvalue weighted by atomic mass is 16.5. The molecule has 2 amide bonds. The minimum atomic E-state index is -0.194. The molecular weight excluding hydrogens is 306 g/mol. The molecule has 0 saturated carbocycles. The summed E-state index contributed by atoms with van der Waals surface area (Å²) in [6, 6.07) is 14.2. The standard InChI is InChI=1S/C18H21N3O3/c1-21(2)18(23)13-5-4-6-15(11-13)20-17(22)12-19-14-7-9-16(24-3)10-8-14/h4-11,19H,12H2,1-3H3,(H,20,22). The van der Waals surface area contributed by atoms with Gasteiger partial charge < -0.3 is 20.3 Å². The highest BCUT2D eigenvalue weighted by Gasteiger charge is 2.09. The maximum atomic E-state index is 12.0. The molecule has 0 aliphatic heterocycles. The highest BCUT2D eigenvalue weighted by molar-refractivity contribution is 5.97. The van der Waals surface area contributed by atoms with E-state index < -0.39 is 0 Å². The number of hydrogen-bond donors (Lipinski definition) is 2. The molecule has 0 fully saturated rings. The van der Waals surface area contributed by atoms with Crippen molar-refractivity contribution in [3.63, 3.8) is 0 Å². The van der Waals surface area contributed by atoms with Gasteiger partial charge in [0.05, 0.1) is 13.7 Å². The van der Waals surface area contributed by atoms with Gasteiger partial charge in [-0.15, -0.1) is 0 Å². The molecule has 24 heavy (non-hydrogen) atoms. The third-order valence-electron chi connectivity index (χ3n) is 3.34. The van der Waals surface area contributed by atoms with Crippen LogP contribution in [0.3, 0.4) is 0 Å². The molecule has 2 aromatic carbocycles. The molecule has 0 aliphatic rings. The van der Waals surface area contributed by atoms with Crippen LogP contribution >= 0.6 is 0 Å². The number of rotatable bonds is 6. The van der Waals surface area contributed by atoms with E-state index in [0.717, 1.165) is 11.4 Å². The zero-order valence-electron chi connectivity index (χ0n) is 14.0. The van der Waals surface area contributed by atoms with Crippen molar-refractivity contribution in [2.24, 2.45) is 0 Å². The molecule has 0 heterocycles. The number of methoxy groups -OCH3 is 1. The average Bonchev–Trinajstić information content (AvgIpc) is 2.60. The van der Waals surface area contributed by atoms with Gasteiger partial charge in [-0.2, -0.15) is 0 Å². The third-order valence-corrected chi connectivity index (χ3v) is 3.34. The number of anilines is 2. The van der Waals surface area contributed by atoms with Crippen LogP contribution in [-0.2, 0) is 4.79 Å². The number of carbonyl (C=O) groups is 2. The second-order valence-electron chi connectivity index (χ2n) is 5.41. The fourth-order valence-corrected chi connectivity index (χ4v) is 2.08. The Morgan fingerprint density at radius 1 is 1.04 bits per heavy atom. The molecule has 0 aliphatic carbocycles. The zero-order valence-corrected chi connectivity index (χ0v) is 14.0. The van der Waals surface area contributed by atoms with Crippen molar-refractivity contribution in [2.75, 3.05) is 38.4 Å². The maximum Gasteiger partial charge on any atom is 0.253 e. The van der Waals surface area contributed by atoms with E-state index in [0.29, 0.717) is 11.3 Å². The summed E-state index contributed by atoms with van der Waals surface area (Å²) >= 11 is 0. The topological polar surface area (TPSA) is 70.7 Å². The van der Waals surface area contributed by atoms with Crippen LogP contribution < -0.4 is 15.4 Å². The van der Waals surface area contributed by atoms with Gasteiger partial charge in [0.25, 0.3) is 5.91 Å². The second-order valence-corrected chi connectivity index (χ2v) is 5.41. The molecule has 0 spiro atoms. The molecule has 0 bridgehead atoms. The van der Waals surface area contributed by atoms with Gasteiger partial charge >= 0.3 is 0 Å². The van der Waals surface area contributed by atoms with Crippen LogP contribution in [0.2, 0.25) is 0 Å². The predicted molar refractivity (Wildman–Crippen MR) is 94.6 cm³/mol. The fourth-order valence-electron chi connectivity index (χ4n) is 2.08. The van der Waals surface area contributed by atoms with E-state index in [4.69, 9.17) is 4.74 Å². The van der Waals surface area contributed by atoms with Gasteiger partial charge in [-0.25, -0.2) is 0 Å². The fraction of sp³-hybridized carbons (Fsp3) is 0.222. The molecule has 6 heteroatoms. The minimum Gasteiger partial charge on any atom is -0.497 e. The summed E-state index contributed by atoms with van der Waals surface area (Å²) in [5.41, 5.74) is 1.94. The summed E-state index contributed by atoms with van der Waals surface area (Å²) in [5, 5.41) is 5.80. The van der Waals surface area contributed by atoms with Crippen molar-refractivity contribution in [1.29, 1.82) is 0 Å². The van der Waals surface area contributed by atoms with Crippen LogP contribution in [0.4, 0.5) is 11.4 Å². The Bertz CT molecular complexity index is 712. The molecule has 6 nitrogen and oxygen atoms in total. The van der Waals surface area contributed by atoms with Crippen molar-refractivity contribution >= 4 is 23.2 Å². The van der Waals surface area contributed by atoms with Gasteiger partial charge in [0.1, 0.15) is 5.75 Å². The first-order valence-electron chi connectivity index (χ1n) is 7.49. The van der Waals surface area contributed by atoms with E-state index >= 15 is 0 Å². The summed E-state index contributed by atoms with van der Waals surface area (Å²) in [7, 11) is 4.98. The number of nitrogens with one attached hydrogen (secondary N) is 2. The molecule has 2 rings (SSSR count). The Labute approximate surface area is 141 Å². The maximum absolute atomic E-state index is 12.0. The summed E-state index contributed by atoms with van der Waals surface area (Å²) in [5.74, 6) is 0.454. The van der Waals surface area contributed by atoms with E-state index in [1.54, 1.807) is 45.5 Å². The van der Waals surface area contributed by atoms with Gasteiger partial charge in [0.2, 0.25) is 5.91 Å². The number of amides is 2. The van der Waals surface area contributed by atoms with Gasteiger partial charge in [-0.3, -0.25) is 9.59 Å². The third kappa shape index (κ3) is 4.74. The summed E-state index contributed by atoms with van der Waals surface area (Å²) in [6.07, 6.45) is 0. The number of carbonyl (C=O) groups excluding carboxylic acids is 2. The SMILES string of the molecule is COc1ccc(NCC(=O)Nc2cccc(C(=O)N(C)C)c2)cc1. The molecule has 0 radical (unpaired) electrons. The van der Waals surface area contributed by atoms with Crippen LogP contribution in [0.5, 0.6) is 5.75 Å². The Hall–Kier alpha value is -3.02. The van der Waals surface area contributed by atoms with E-state index in [-0.39, 0.29) is 18.4 Å². The Morgan fingerprint density at radius 3 is 2.38 bits per heavy atom. The minimum absolute atomic E-state index is 0.109. The van der Waals surface area contributed by atoms with Crippen LogP contribution in [0.1, 0.15) is 10.4 Å². The molecule has 0 aromatic heterocycles. The van der Waals surface area contributed by atoms with Crippen molar-refractivity contribution in [3.8, 4) is 5.75 Å². The lowest BCUT2D eigenvalue weighted by molar-refractivity contribution is -0.114. The summed E-state index contributed by atoms with van der Waals surface area (Å²) < 4.78 is 5.08. The zero-order chi connectivity index (χ0) is 17.5. The number of ether oxygens (including phenoxy) is 1. The van der Waals surface area contributed by atoms with E-state index in [1.165, 1.54) is 4.90 Å². The Balaban J connectivity index is 1.92. The normalized spacial score (nSPS) is 9.96. The molecule has 0 saturated heterocycles.